The first-order valence-electron chi connectivity index (χ1n) is 4.93. The maximum absolute atomic E-state index is 13.0. The smallest absolute Gasteiger partial charge is 0.321 e. The van der Waals surface area contributed by atoms with Crippen LogP contribution in [0.5, 0.6) is 0 Å². The van der Waals surface area contributed by atoms with Crippen molar-refractivity contribution in [1.82, 2.24) is 4.90 Å². The molecule has 0 unspecified atom stereocenters. The number of nitrogens with zero attached hydrogens (tertiary/aromatic N) is 1. The van der Waals surface area contributed by atoms with E-state index in [1.165, 1.54) is 17.0 Å². The van der Waals surface area contributed by atoms with Gasteiger partial charge < -0.3 is 15.3 Å². The molecule has 0 bridgehead atoms. The quantitative estimate of drug-likeness (QED) is 0.822. The number of urea groups is 1. The van der Waals surface area contributed by atoms with Crippen molar-refractivity contribution in [2.75, 3.05) is 25.5 Å². The van der Waals surface area contributed by atoms with Gasteiger partial charge >= 0.3 is 6.03 Å². The predicted molar refractivity (Wildman–Crippen MR) is 59.9 cm³/mol. The van der Waals surface area contributed by atoms with Crippen molar-refractivity contribution in [3.63, 3.8) is 0 Å². The summed E-state index contributed by atoms with van der Waals surface area (Å²) in [6.07, 6.45) is 0. The fraction of sp³-hybridized carbons (Fsp3) is 0.364. The summed E-state index contributed by atoms with van der Waals surface area (Å²) in [5.74, 6) is -0.389. The van der Waals surface area contributed by atoms with Crippen molar-refractivity contribution in [3.8, 4) is 0 Å². The minimum absolute atomic E-state index is 0.105. The molecule has 0 aromatic heterocycles. The molecule has 5 heteroatoms. The second kappa shape index (κ2) is 5.46. The van der Waals surface area contributed by atoms with Crippen molar-refractivity contribution >= 4 is 11.7 Å². The van der Waals surface area contributed by atoms with Gasteiger partial charge in [0.2, 0.25) is 0 Å². The zero-order valence-corrected chi connectivity index (χ0v) is 9.33. The fourth-order valence-electron chi connectivity index (χ4n) is 1.28. The molecule has 0 aliphatic rings. The molecule has 0 radical (unpaired) electrons. The van der Waals surface area contributed by atoms with Crippen LogP contribution in [0.25, 0.3) is 0 Å². The third-order valence-corrected chi connectivity index (χ3v) is 2.08. The first kappa shape index (κ1) is 12.4. The minimum Gasteiger partial charge on any atom is -0.395 e. The Balaban J connectivity index is 2.69. The number of rotatable bonds is 3. The van der Waals surface area contributed by atoms with Crippen molar-refractivity contribution in [1.29, 1.82) is 0 Å². The molecule has 0 spiro atoms. The highest BCUT2D eigenvalue weighted by Crippen LogP contribution is 2.13. The maximum Gasteiger partial charge on any atom is 0.321 e. The summed E-state index contributed by atoms with van der Waals surface area (Å²) in [5, 5.41) is 11.2. The second-order valence-corrected chi connectivity index (χ2v) is 3.59. The summed E-state index contributed by atoms with van der Waals surface area (Å²) in [5.41, 5.74) is 1.15. The summed E-state index contributed by atoms with van der Waals surface area (Å²) in [6, 6.07) is 3.93. The van der Waals surface area contributed by atoms with Crippen LogP contribution in [0.3, 0.4) is 0 Å². The van der Waals surface area contributed by atoms with Gasteiger partial charge in [-0.25, -0.2) is 9.18 Å². The number of likely N-dealkylation sites (N-methyl/N-ethyl adjacent to an activating group) is 1. The summed E-state index contributed by atoms with van der Waals surface area (Å²) >= 11 is 0. The topological polar surface area (TPSA) is 52.6 Å². The van der Waals surface area contributed by atoms with Crippen molar-refractivity contribution in [3.05, 3.63) is 29.6 Å². The Morgan fingerprint density at radius 3 is 2.75 bits per heavy atom. The average molecular weight is 226 g/mol. The zero-order chi connectivity index (χ0) is 12.1. The van der Waals surface area contributed by atoms with Crippen LogP contribution in [0.4, 0.5) is 14.9 Å². The lowest BCUT2D eigenvalue weighted by atomic mass is 10.2. The first-order chi connectivity index (χ1) is 7.52. The van der Waals surface area contributed by atoms with Gasteiger partial charge in [-0.3, -0.25) is 0 Å². The van der Waals surface area contributed by atoms with E-state index < -0.39 is 0 Å². The molecule has 0 aliphatic carbocycles. The molecule has 0 saturated carbocycles. The van der Waals surface area contributed by atoms with Crippen LogP contribution in [0.1, 0.15) is 5.56 Å². The second-order valence-electron chi connectivity index (χ2n) is 3.59. The molecule has 88 valence electrons. The van der Waals surface area contributed by atoms with Crippen molar-refractivity contribution in [2.45, 2.75) is 6.92 Å². The highest BCUT2D eigenvalue weighted by atomic mass is 19.1. The summed E-state index contributed by atoms with van der Waals surface area (Å²) in [7, 11) is 1.55. The van der Waals surface area contributed by atoms with E-state index in [4.69, 9.17) is 5.11 Å². The van der Waals surface area contributed by atoms with E-state index in [2.05, 4.69) is 5.32 Å². The third-order valence-electron chi connectivity index (χ3n) is 2.08. The number of aliphatic hydroxyl groups is 1. The van der Waals surface area contributed by atoms with Gasteiger partial charge in [0, 0.05) is 19.3 Å². The summed E-state index contributed by atoms with van der Waals surface area (Å²) in [6.45, 7) is 1.88. The van der Waals surface area contributed by atoms with Crippen LogP contribution >= 0.6 is 0 Å². The molecule has 0 aliphatic heterocycles. The van der Waals surface area contributed by atoms with E-state index in [0.29, 0.717) is 5.69 Å². The Hall–Kier alpha value is -1.62. The number of hydrogen-bond acceptors (Lipinski definition) is 2. The lowest BCUT2D eigenvalue weighted by Gasteiger charge is -2.16. The normalized spacial score (nSPS) is 10.0. The number of amides is 2. The average Bonchev–Trinajstić information content (AvgIpc) is 2.16. The van der Waals surface area contributed by atoms with Gasteiger partial charge in [0.15, 0.2) is 0 Å². The maximum atomic E-state index is 13.0. The summed E-state index contributed by atoms with van der Waals surface area (Å²) < 4.78 is 13.0. The molecule has 1 rings (SSSR count). The number of benzene rings is 1. The molecule has 4 nitrogen and oxygen atoms in total. The number of aliphatic hydroxyl groups excluding tert-OH is 1. The first-order valence-corrected chi connectivity index (χ1v) is 4.93. The molecule has 1 aromatic carbocycles. The molecule has 0 heterocycles. The molecule has 16 heavy (non-hydrogen) atoms. The SMILES string of the molecule is Cc1cc(F)cc(NC(=O)N(C)CCO)c1. The lowest BCUT2D eigenvalue weighted by Crippen LogP contribution is -2.33. The molecule has 0 fully saturated rings. The van der Waals surface area contributed by atoms with E-state index >= 15 is 0 Å². The van der Waals surface area contributed by atoms with E-state index in [1.54, 1.807) is 20.0 Å². The van der Waals surface area contributed by atoms with E-state index in [1.807, 2.05) is 0 Å². The highest BCUT2D eigenvalue weighted by Gasteiger charge is 2.08. The molecular formula is C11H15FN2O2. The molecular weight excluding hydrogens is 211 g/mol. The number of aryl methyl sites for hydroxylation is 1. The van der Waals surface area contributed by atoms with E-state index in [-0.39, 0.29) is 25.0 Å². The van der Waals surface area contributed by atoms with Gasteiger partial charge in [0.25, 0.3) is 0 Å². The van der Waals surface area contributed by atoms with E-state index in [9.17, 15) is 9.18 Å². The van der Waals surface area contributed by atoms with Crippen LogP contribution in [0, 0.1) is 12.7 Å². The van der Waals surface area contributed by atoms with Crippen LogP contribution in [-0.2, 0) is 0 Å². The largest absolute Gasteiger partial charge is 0.395 e. The van der Waals surface area contributed by atoms with Crippen molar-refractivity contribution < 1.29 is 14.3 Å². The third kappa shape index (κ3) is 3.51. The molecule has 0 saturated heterocycles. The molecule has 2 amide bonds. The predicted octanol–water partition coefficient (Wildman–Crippen LogP) is 1.59. The number of carbonyl (C=O) groups excluding carboxylic acids is 1. The fourth-order valence-corrected chi connectivity index (χ4v) is 1.28. The number of carbonyl (C=O) groups is 1. The van der Waals surface area contributed by atoms with Crippen LogP contribution in [-0.4, -0.2) is 36.2 Å². The summed E-state index contributed by atoms with van der Waals surface area (Å²) in [4.78, 5) is 12.8. The Kier molecular flexibility index (Phi) is 4.25. The Labute approximate surface area is 93.7 Å². The highest BCUT2D eigenvalue weighted by molar-refractivity contribution is 5.89. The van der Waals surface area contributed by atoms with Gasteiger partial charge in [-0.1, -0.05) is 0 Å². The number of halogens is 1. The van der Waals surface area contributed by atoms with Gasteiger partial charge in [-0.15, -0.1) is 0 Å². The Morgan fingerprint density at radius 1 is 1.50 bits per heavy atom. The standard InChI is InChI=1S/C11H15FN2O2/c1-8-5-9(12)7-10(6-8)13-11(16)14(2)3-4-15/h5-7,15H,3-4H2,1-2H3,(H,13,16). The van der Waals surface area contributed by atoms with Crippen molar-refractivity contribution in [2.24, 2.45) is 0 Å². The number of hydrogen-bond donors (Lipinski definition) is 2. The van der Waals surface area contributed by atoms with Crippen LogP contribution in [0.15, 0.2) is 18.2 Å². The monoisotopic (exact) mass is 226 g/mol. The number of nitrogens with one attached hydrogen (secondary N) is 1. The van der Waals surface area contributed by atoms with Gasteiger partial charge in [0.05, 0.1) is 6.61 Å². The Bertz CT molecular complexity index is 362. The zero-order valence-electron chi connectivity index (χ0n) is 9.33. The van der Waals surface area contributed by atoms with Crippen LogP contribution < -0.4 is 5.32 Å². The van der Waals surface area contributed by atoms with Gasteiger partial charge in [0.1, 0.15) is 5.82 Å². The van der Waals surface area contributed by atoms with E-state index in [0.717, 1.165) is 5.56 Å². The molecule has 0 atom stereocenters. The molecule has 2 N–H and O–H groups in total. The van der Waals surface area contributed by atoms with Gasteiger partial charge in [-0.2, -0.15) is 0 Å². The minimum atomic E-state index is -0.389. The Morgan fingerprint density at radius 2 is 2.19 bits per heavy atom. The molecule has 1 aromatic rings. The number of anilines is 1. The van der Waals surface area contributed by atoms with Gasteiger partial charge in [-0.05, 0) is 30.7 Å². The van der Waals surface area contributed by atoms with Crippen LogP contribution in [0.2, 0.25) is 0 Å². The lowest BCUT2D eigenvalue weighted by molar-refractivity contribution is 0.202.